The Hall–Kier alpha value is 0. The van der Waals surface area contributed by atoms with Crippen molar-refractivity contribution in [2.75, 3.05) is 0 Å². The Kier molecular flexibility index (Phi) is 0.342. The summed E-state index contributed by atoms with van der Waals surface area (Å²) in [6.45, 7) is 4.91. The molecule has 4 aliphatic carbocycles. The fourth-order valence-electron chi connectivity index (χ4n) is 3.56. The second kappa shape index (κ2) is 0.698. The Morgan fingerprint density at radius 3 is 2.12 bits per heavy atom. The molecule has 0 saturated heterocycles. The van der Waals surface area contributed by atoms with E-state index in [2.05, 4.69) is 13.8 Å². The first-order valence-electron chi connectivity index (χ1n) is 3.76. The molecule has 2 bridgehead atoms. The van der Waals surface area contributed by atoms with E-state index in [1.807, 2.05) is 0 Å². The Morgan fingerprint density at radius 1 is 1.38 bits per heavy atom. The van der Waals surface area contributed by atoms with E-state index in [0.29, 0.717) is 0 Å². The SMILES string of the molecule is CC1CC2C3C1C23C. The van der Waals surface area contributed by atoms with Crippen molar-refractivity contribution in [3.05, 3.63) is 0 Å². The van der Waals surface area contributed by atoms with Gasteiger partial charge < -0.3 is 0 Å². The highest BCUT2D eigenvalue weighted by molar-refractivity contribution is 5.35. The molecule has 0 aromatic rings. The van der Waals surface area contributed by atoms with Crippen molar-refractivity contribution in [2.24, 2.45) is 29.1 Å². The van der Waals surface area contributed by atoms with Crippen LogP contribution in [0.3, 0.4) is 0 Å². The van der Waals surface area contributed by atoms with Gasteiger partial charge in [-0.25, -0.2) is 0 Å². The predicted molar refractivity (Wildman–Crippen MR) is 32.4 cm³/mol. The minimum atomic E-state index is 0.916. The Bertz CT molecular complexity index is 153. The summed E-state index contributed by atoms with van der Waals surface area (Å²) < 4.78 is 0. The van der Waals surface area contributed by atoms with Crippen molar-refractivity contribution in [2.45, 2.75) is 20.3 Å². The zero-order chi connectivity index (χ0) is 5.52. The Balaban J connectivity index is 2.06. The summed E-state index contributed by atoms with van der Waals surface area (Å²) in [6.07, 6.45) is 1.56. The number of fused-ring (bicyclic) bond motifs is 1. The summed E-state index contributed by atoms with van der Waals surface area (Å²) in [7, 11) is 0. The lowest BCUT2D eigenvalue weighted by molar-refractivity contribution is 0.484. The quantitative estimate of drug-likeness (QED) is 0.444. The molecule has 5 atom stereocenters. The molecule has 0 amide bonds. The molecule has 5 unspecified atom stereocenters. The lowest BCUT2D eigenvalue weighted by Crippen LogP contribution is -1.94. The molecule has 0 aliphatic heterocycles. The van der Waals surface area contributed by atoms with E-state index in [9.17, 15) is 0 Å². The van der Waals surface area contributed by atoms with Crippen LogP contribution < -0.4 is 0 Å². The summed E-state index contributed by atoms with van der Waals surface area (Å²) in [5.74, 6) is 4.70. The molecule has 0 nitrogen and oxygen atoms in total. The number of hydrogen-bond donors (Lipinski definition) is 0. The maximum Gasteiger partial charge on any atom is -0.0227 e. The summed E-state index contributed by atoms with van der Waals surface area (Å²) in [4.78, 5) is 0. The highest BCUT2D eigenvalue weighted by Crippen LogP contribution is 2.92. The molecule has 0 aromatic carbocycles. The van der Waals surface area contributed by atoms with Crippen LogP contribution in [0.5, 0.6) is 0 Å². The van der Waals surface area contributed by atoms with Crippen molar-refractivity contribution in [3.8, 4) is 0 Å². The van der Waals surface area contributed by atoms with E-state index in [0.717, 1.165) is 11.3 Å². The fourth-order valence-corrected chi connectivity index (χ4v) is 3.56. The summed E-state index contributed by atoms with van der Waals surface area (Å²) in [5.41, 5.74) is 0.916. The molecule has 4 saturated carbocycles. The monoisotopic (exact) mass is 108 g/mol. The van der Waals surface area contributed by atoms with E-state index in [-0.39, 0.29) is 0 Å². The van der Waals surface area contributed by atoms with Crippen molar-refractivity contribution in [1.82, 2.24) is 0 Å². The maximum atomic E-state index is 2.48. The predicted octanol–water partition coefficient (Wildman–Crippen LogP) is 1.91. The third-order valence-electron chi connectivity index (χ3n) is 4.08. The van der Waals surface area contributed by atoms with Gasteiger partial charge in [0.15, 0.2) is 0 Å². The van der Waals surface area contributed by atoms with Gasteiger partial charge >= 0.3 is 0 Å². The van der Waals surface area contributed by atoms with Crippen LogP contribution in [-0.2, 0) is 0 Å². The zero-order valence-electron chi connectivity index (χ0n) is 5.52. The third kappa shape index (κ3) is 0.167. The normalized spacial score (nSPS) is 81.8. The highest BCUT2D eigenvalue weighted by Gasteiger charge is 2.88. The first kappa shape index (κ1) is 3.92. The van der Waals surface area contributed by atoms with Crippen LogP contribution in [0.15, 0.2) is 0 Å². The van der Waals surface area contributed by atoms with Gasteiger partial charge in [-0.1, -0.05) is 13.8 Å². The maximum absolute atomic E-state index is 2.48. The summed E-state index contributed by atoms with van der Waals surface area (Å²) >= 11 is 0. The van der Waals surface area contributed by atoms with Crippen LogP contribution in [0.2, 0.25) is 0 Å². The molecular formula is C8H12. The van der Waals surface area contributed by atoms with E-state index < -0.39 is 0 Å². The lowest BCUT2D eigenvalue weighted by Gasteiger charge is -1.99. The van der Waals surface area contributed by atoms with Gasteiger partial charge in [0.25, 0.3) is 0 Å². The second-order valence-electron chi connectivity index (χ2n) is 4.24. The first-order chi connectivity index (χ1) is 3.76. The molecule has 0 spiro atoms. The smallest absolute Gasteiger partial charge is 0.0227 e. The average molecular weight is 108 g/mol. The molecular weight excluding hydrogens is 96.1 g/mol. The van der Waals surface area contributed by atoms with Crippen molar-refractivity contribution in [3.63, 3.8) is 0 Å². The summed E-state index contributed by atoms with van der Waals surface area (Å²) in [6, 6.07) is 0. The first-order valence-corrected chi connectivity index (χ1v) is 3.76. The molecule has 0 N–H and O–H groups in total. The van der Waals surface area contributed by atoms with E-state index >= 15 is 0 Å². The van der Waals surface area contributed by atoms with Crippen LogP contribution in [0, 0.1) is 29.1 Å². The van der Waals surface area contributed by atoms with Crippen molar-refractivity contribution >= 4 is 0 Å². The van der Waals surface area contributed by atoms with Crippen LogP contribution >= 0.6 is 0 Å². The van der Waals surface area contributed by atoms with E-state index in [4.69, 9.17) is 0 Å². The molecule has 4 fully saturated rings. The van der Waals surface area contributed by atoms with Gasteiger partial charge in [-0.05, 0) is 35.5 Å². The fraction of sp³-hybridized carbons (Fsp3) is 1.00. The van der Waals surface area contributed by atoms with Crippen LogP contribution in [-0.4, -0.2) is 0 Å². The molecule has 0 radical (unpaired) electrons. The average Bonchev–Trinajstić information content (AvgIpc) is 2.26. The second-order valence-corrected chi connectivity index (χ2v) is 4.24. The number of hydrogen-bond acceptors (Lipinski definition) is 0. The Labute approximate surface area is 50.3 Å². The molecule has 4 aliphatic rings. The zero-order valence-corrected chi connectivity index (χ0v) is 5.52. The van der Waals surface area contributed by atoms with Gasteiger partial charge in [-0.3, -0.25) is 0 Å². The van der Waals surface area contributed by atoms with Gasteiger partial charge in [0.05, 0.1) is 0 Å². The molecule has 4 rings (SSSR count). The summed E-state index contributed by atoms with van der Waals surface area (Å²) in [5, 5.41) is 0. The van der Waals surface area contributed by atoms with E-state index in [1.54, 1.807) is 6.42 Å². The van der Waals surface area contributed by atoms with Crippen molar-refractivity contribution in [1.29, 1.82) is 0 Å². The molecule has 8 heavy (non-hydrogen) atoms. The lowest BCUT2D eigenvalue weighted by atomic mass is 10.1. The van der Waals surface area contributed by atoms with Gasteiger partial charge in [0.2, 0.25) is 0 Å². The van der Waals surface area contributed by atoms with Crippen LogP contribution in [0.1, 0.15) is 20.3 Å². The largest absolute Gasteiger partial charge is 0.0622 e. The third-order valence-corrected chi connectivity index (χ3v) is 4.08. The minimum Gasteiger partial charge on any atom is -0.0622 e. The van der Waals surface area contributed by atoms with E-state index in [1.165, 1.54) is 17.8 Å². The van der Waals surface area contributed by atoms with Crippen LogP contribution in [0.4, 0.5) is 0 Å². The molecule has 0 heteroatoms. The van der Waals surface area contributed by atoms with Gasteiger partial charge in [-0.2, -0.15) is 0 Å². The topological polar surface area (TPSA) is 0 Å². The van der Waals surface area contributed by atoms with Gasteiger partial charge in [-0.15, -0.1) is 0 Å². The van der Waals surface area contributed by atoms with Crippen molar-refractivity contribution < 1.29 is 0 Å². The molecule has 0 aromatic heterocycles. The minimum absolute atomic E-state index is 0.916. The standard InChI is InChI=1S/C8H12/c1-4-3-5-7-6(4)8(5,7)2/h4-7H,3H2,1-2H3. The number of rotatable bonds is 0. The van der Waals surface area contributed by atoms with Crippen LogP contribution in [0.25, 0.3) is 0 Å². The molecule has 0 heterocycles. The van der Waals surface area contributed by atoms with Gasteiger partial charge in [0.1, 0.15) is 0 Å². The highest BCUT2D eigenvalue weighted by atomic mass is 14.9. The van der Waals surface area contributed by atoms with Gasteiger partial charge in [0, 0.05) is 0 Å². The molecule has 44 valence electrons. The Morgan fingerprint density at radius 2 is 2.00 bits per heavy atom.